The molecular formula is C15H19NO3. The number of alkyl carbamates (subject to hydrolysis) is 1. The summed E-state index contributed by atoms with van der Waals surface area (Å²) < 4.78 is 10.4. The van der Waals surface area contributed by atoms with Gasteiger partial charge >= 0.3 is 6.09 Å². The van der Waals surface area contributed by atoms with Gasteiger partial charge in [0, 0.05) is 6.54 Å². The molecule has 0 unspecified atom stereocenters. The Labute approximate surface area is 114 Å². The van der Waals surface area contributed by atoms with Crippen molar-refractivity contribution in [1.82, 2.24) is 5.32 Å². The Morgan fingerprint density at radius 1 is 1.32 bits per heavy atom. The van der Waals surface area contributed by atoms with Gasteiger partial charge in [0.25, 0.3) is 0 Å². The van der Waals surface area contributed by atoms with E-state index < -0.39 is 11.7 Å². The summed E-state index contributed by atoms with van der Waals surface area (Å²) in [7, 11) is 0. The van der Waals surface area contributed by atoms with Gasteiger partial charge in [0.1, 0.15) is 18.0 Å². The van der Waals surface area contributed by atoms with E-state index >= 15 is 0 Å². The Hall–Kier alpha value is -2.15. The number of amides is 1. The number of hydrogen-bond acceptors (Lipinski definition) is 3. The molecule has 1 N–H and O–H groups in total. The van der Waals surface area contributed by atoms with Crippen LogP contribution in [0.15, 0.2) is 24.3 Å². The molecule has 4 nitrogen and oxygen atoms in total. The number of nitrogens with one attached hydrogen (secondary N) is 1. The normalized spacial score (nSPS) is 10.4. The molecule has 0 aromatic heterocycles. The molecule has 0 aliphatic heterocycles. The van der Waals surface area contributed by atoms with Crippen LogP contribution in [0.5, 0.6) is 5.75 Å². The molecule has 4 heteroatoms. The van der Waals surface area contributed by atoms with Crippen LogP contribution in [0.3, 0.4) is 0 Å². The lowest BCUT2D eigenvalue weighted by Gasteiger charge is -2.19. The monoisotopic (exact) mass is 261 g/mol. The molecule has 0 spiro atoms. The molecule has 0 saturated carbocycles. The summed E-state index contributed by atoms with van der Waals surface area (Å²) in [5, 5.41) is 2.68. The predicted octanol–water partition coefficient (Wildman–Crippen LogP) is 2.72. The van der Waals surface area contributed by atoms with Crippen molar-refractivity contribution in [1.29, 1.82) is 0 Å². The molecule has 0 bridgehead atoms. The van der Waals surface area contributed by atoms with E-state index in [4.69, 9.17) is 15.9 Å². The lowest BCUT2D eigenvalue weighted by atomic mass is 10.2. The summed E-state index contributed by atoms with van der Waals surface area (Å²) in [5.74, 6) is 3.10. The quantitative estimate of drug-likeness (QED) is 0.848. The molecule has 1 aromatic carbocycles. The zero-order valence-corrected chi connectivity index (χ0v) is 11.5. The summed E-state index contributed by atoms with van der Waals surface area (Å²) in [6.45, 7) is 6.12. The fourth-order valence-corrected chi connectivity index (χ4v) is 1.32. The molecule has 0 heterocycles. The molecule has 19 heavy (non-hydrogen) atoms. The smallest absolute Gasteiger partial charge is 0.407 e. The average molecular weight is 261 g/mol. The van der Waals surface area contributed by atoms with Crippen LogP contribution < -0.4 is 10.1 Å². The second-order valence-corrected chi connectivity index (χ2v) is 4.99. The SMILES string of the molecule is C#CCOc1ccc(CNC(=O)OC(C)(C)C)cc1. The largest absolute Gasteiger partial charge is 0.481 e. The van der Waals surface area contributed by atoms with Gasteiger partial charge in [-0.15, -0.1) is 6.42 Å². The molecule has 102 valence electrons. The summed E-state index contributed by atoms with van der Waals surface area (Å²) in [4.78, 5) is 11.5. The van der Waals surface area contributed by atoms with Crippen LogP contribution in [0.4, 0.5) is 4.79 Å². The van der Waals surface area contributed by atoms with Crippen molar-refractivity contribution >= 4 is 6.09 Å². The zero-order valence-electron chi connectivity index (χ0n) is 11.5. The van der Waals surface area contributed by atoms with Crippen LogP contribution in [0.1, 0.15) is 26.3 Å². The van der Waals surface area contributed by atoms with Crippen molar-refractivity contribution in [2.24, 2.45) is 0 Å². The van der Waals surface area contributed by atoms with Crippen LogP contribution in [-0.2, 0) is 11.3 Å². The standard InChI is InChI=1S/C15H19NO3/c1-5-10-18-13-8-6-12(7-9-13)11-16-14(17)19-15(2,3)4/h1,6-9H,10-11H2,2-4H3,(H,16,17). The van der Waals surface area contributed by atoms with Gasteiger partial charge in [-0.05, 0) is 38.5 Å². The Kier molecular flexibility index (Phi) is 5.25. The van der Waals surface area contributed by atoms with Crippen molar-refractivity contribution in [2.75, 3.05) is 6.61 Å². The van der Waals surface area contributed by atoms with Crippen LogP contribution in [0, 0.1) is 12.3 Å². The van der Waals surface area contributed by atoms with Gasteiger partial charge in [-0.1, -0.05) is 18.1 Å². The zero-order chi connectivity index (χ0) is 14.3. The highest BCUT2D eigenvalue weighted by Gasteiger charge is 2.15. The van der Waals surface area contributed by atoms with Gasteiger partial charge < -0.3 is 14.8 Å². The summed E-state index contributed by atoms with van der Waals surface area (Å²) in [6, 6.07) is 7.35. The van der Waals surface area contributed by atoms with E-state index in [1.54, 1.807) is 0 Å². The first kappa shape index (κ1) is 14.9. The number of rotatable bonds is 4. The maximum absolute atomic E-state index is 11.5. The first-order valence-corrected chi connectivity index (χ1v) is 6.03. The molecule has 1 amide bonds. The second kappa shape index (κ2) is 6.69. The van der Waals surface area contributed by atoms with Gasteiger partial charge in [-0.25, -0.2) is 4.79 Å². The molecule has 1 aromatic rings. The summed E-state index contributed by atoms with van der Waals surface area (Å²) >= 11 is 0. The average Bonchev–Trinajstić information content (AvgIpc) is 2.33. The Morgan fingerprint density at radius 3 is 2.47 bits per heavy atom. The second-order valence-electron chi connectivity index (χ2n) is 4.99. The van der Waals surface area contributed by atoms with Gasteiger partial charge in [-0.3, -0.25) is 0 Å². The molecule has 0 atom stereocenters. The van der Waals surface area contributed by atoms with Crippen molar-refractivity contribution in [3.8, 4) is 18.1 Å². The van der Waals surface area contributed by atoms with E-state index in [1.165, 1.54) is 0 Å². The van der Waals surface area contributed by atoms with E-state index in [-0.39, 0.29) is 6.61 Å². The molecular weight excluding hydrogens is 242 g/mol. The number of carbonyl (C=O) groups is 1. The van der Waals surface area contributed by atoms with Crippen molar-refractivity contribution < 1.29 is 14.3 Å². The van der Waals surface area contributed by atoms with Crippen LogP contribution in [0.2, 0.25) is 0 Å². The van der Waals surface area contributed by atoms with E-state index in [2.05, 4.69) is 11.2 Å². The number of ether oxygens (including phenoxy) is 2. The van der Waals surface area contributed by atoms with E-state index in [0.717, 1.165) is 5.56 Å². The van der Waals surface area contributed by atoms with Crippen LogP contribution in [0.25, 0.3) is 0 Å². The maximum atomic E-state index is 11.5. The highest BCUT2D eigenvalue weighted by atomic mass is 16.6. The van der Waals surface area contributed by atoms with Crippen molar-refractivity contribution in [2.45, 2.75) is 32.9 Å². The summed E-state index contributed by atoms with van der Waals surface area (Å²) in [6.07, 6.45) is 4.67. The summed E-state index contributed by atoms with van der Waals surface area (Å²) in [5.41, 5.74) is 0.468. The minimum atomic E-state index is -0.489. The van der Waals surface area contributed by atoms with E-state index in [0.29, 0.717) is 12.3 Å². The number of hydrogen-bond donors (Lipinski definition) is 1. The number of benzene rings is 1. The van der Waals surface area contributed by atoms with Gasteiger partial charge in [-0.2, -0.15) is 0 Å². The van der Waals surface area contributed by atoms with Gasteiger partial charge in [0.15, 0.2) is 0 Å². The van der Waals surface area contributed by atoms with Crippen molar-refractivity contribution in [3.05, 3.63) is 29.8 Å². The van der Waals surface area contributed by atoms with E-state index in [1.807, 2.05) is 45.0 Å². The first-order chi connectivity index (χ1) is 8.90. The Bertz CT molecular complexity index is 452. The molecule has 0 aliphatic rings. The highest BCUT2D eigenvalue weighted by Crippen LogP contribution is 2.12. The highest BCUT2D eigenvalue weighted by molar-refractivity contribution is 5.67. The molecule has 1 rings (SSSR count). The maximum Gasteiger partial charge on any atom is 0.407 e. The Morgan fingerprint density at radius 2 is 1.95 bits per heavy atom. The predicted molar refractivity (Wildman–Crippen MR) is 73.8 cm³/mol. The molecule has 0 aliphatic carbocycles. The topological polar surface area (TPSA) is 47.6 Å². The Balaban J connectivity index is 2.42. The minimum absolute atomic E-state index is 0.246. The molecule has 0 fully saturated rings. The minimum Gasteiger partial charge on any atom is -0.481 e. The third-order valence-electron chi connectivity index (χ3n) is 2.08. The third-order valence-corrected chi connectivity index (χ3v) is 2.08. The van der Waals surface area contributed by atoms with Crippen molar-refractivity contribution in [3.63, 3.8) is 0 Å². The fraction of sp³-hybridized carbons (Fsp3) is 0.400. The third kappa shape index (κ3) is 6.37. The van der Waals surface area contributed by atoms with Crippen LogP contribution >= 0.6 is 0 Å². The van der Waals surface area contributed by atoms with Gasteiger partial charge in [0.2, 0.25) is 0 Å². The number of carbonyl (C=O) groups excluding carboxylic acids is 1. The number of terminal acetylenes is 1. The van der Waals surface area contributed by atoms with Gasteiger partial charge in [0.05, 0.1) is 0 Å². The lowest BCUT2D eigenvalue weighted by Crippen LogP contribution is -2.32. The lowest BCUT2D eigenvalue weighted by molar-refractivity contribution is 0.0523. The van der Waals surface area contributed by atoms with Crippen LogP contribution in [-0.4, -0.2) is 18.3 Å². The molecule has 0 saturated heterocycles. The van der Waals surface area contributed by atoms with E-state index in [9.17, 15) is 4.79 Å². The fourth-order valence-electron chi connectivity index (χ4n) is 1.32. The molecule has 0 radical (unpaired) electrons. The first-order valence-electron chi connectivity index (χ1n) is 6.03.